The molecule has 0 saturated heterocycles. The van der Waals surface area contributed by atoms with Crippen molar-refractivity contribution in [2.75, 3.05) is 28.4 Å². The maximum atomic E-state index is 6.08. The normalized spacial score (nSPS) is 20.9. The summed E-state index contributed by atoms with van der Waals surface area (Å²) in [6.07, 6.45) is 13.8. The van der Waals surface area contributed by atoms with Gasteiger partial charge in [-0.2, -0.15) is 0 Å². The summed E-state index contributed by atoms with van der Waals surface area (Å²) >= 11 is 0. The fourth-order valence-electron chi connectivity index (χ4n) is 4.79. The third-order valence-corrected chi connectivity index (χ3v) is 16.1. The first-order chi connectivity index (χ1) is 12.7. The van der Waals surface area contributed by atoms with Crippen LogP contribution in [0.25, 0.3) is 0 Å². The predicted molar refractivity (Wildman–Crippen MR) is 119 cm³/mol. The van der Waals surface area contributed by atoms with Crippen LogP contribution in [-0.2, 0) is 17.7 Å². The summed E-state index contributed by atoms with van der Waals surface area (Å²) in [6.45, 7) is 8.51. The molecule has 2 aliphatic carbocycles. The van der Waals surface area contributed by atoms with Crippen molar-refractivity contribution in [3.63, 3.8) is 0 Å². The molecule has 0 radical (unpaired) electrons. The fraction of sp³-hybridized carbons (Fsp3) is 1.00. The first-order valence-electron chi connectivity index (χ1n) is 10.9. The molecule has 2 aliphatic rings. The van der Waals surface area contributed by atoms with Gasteiger partial charge in [-0.3, -0.25) is 0 Å². The molecule has 0 atom stereocenters. The third-order valence-electron chi connectivity index (χ3n) is 7.13. The summed E-state index contributed by atoms with van der Waals surface area (Å²) in [7, 11) is 3.44. The molecule has 0 aromatic heterocycles. The summed E-state index contributed by atoms with van der Waals surface area (Å²) in [4.78, 5) is 0. The molecule has 0 amide bonds. The van der Waals surface area contributed by atoms with E-state index < -0.39 is 17.1 Å². The molecule has 0 spiro atoms. The van der Waals surface area contributed by atoms with Gasteiger partial charge in [-0.1, -0.05) is 59.3 Å². The Morgan fingerprint density at radius 3 is 1.11 bits per heavy atom. The lowest BCUT2D eigenvalue weighted by molar-refractivity contribution is 0.193. The quantitative estimate of drug-likeness (QED) is 0.459. The molecule has 0 unspecified atom stereocenters. The Bertz CT molecular complexity index is 371. The van der Waals surface area contributed by atoms with E-state index in [4.69, 9.17) is 17.7 Å². The van der Waals surface area contributed by atoms with Crippen LogP contribution in [0.3, 0.4) is 0 Å². The number of hydrogen-bond acceptors (Lipinski definition) is 4. The minimum atomic E-state index is -1.94. The van der Waals surface area contributed by atoms with E-state index in [2.05, 4.69) is 27.3 Å². The van der Waals surface area contributed by atoms with Gasteiger partial charge in [0.25, 0.3) is 0 Å². The van der Waals surface area contributed by atoms with Crippen molar-refractivity contribution in [2.24, 2.45) is 0 Å². The minimum absolute atomic E-state index is 0.149. The molecule has 0 aromatic rings. The molecular weight excluding hydrogens is 372 g/mol. The second-order valence-electron chi connectivity index (χ2n) is 9.40. The van der Waals surface area contributed by atoms with Gasteiger partial charge in [0.05, 0.1) is 0 Å². The van der Waals surface area contributed by atoms with E-state index in [0.29, 0.717) is 0 Å². The average molecular weight is 419 g/mol. The maximum Gasteiger partial charge on any atom is 0.344 e. The molecule has 0 N–H and O–H groups in total. The van der Waals surface area contributed by atoms with Gasteiger partial charge in [-0.05, 0) is 32.2 Å². The second-order valence-corrected chi connectivity index (χ2v) is 17.5. The smallest absolute Gasteiger partial charge is 0.344 e. The van der Waals surface area contributed by atoms with Crippen LogP contribution in [0.5, 0.6) is 0 Å². The lowest BCUT2D eigenvalue weighted by Crippen LogP contribution is -2.50. The van der Waals surface area contributed by atoms with Crippen LogP contribution in [0.4, 0.5) is 0 Å². The molecule has 0 aliphatic heterocycles. The summed E-state index contributed by atoms with van der Waals surface area (Å²) in [5.41, 5.74) is 1.52. The Kier molecular flexibility index (Phi) is 10.7. The van der Waals surface area contributed by atoms with E-state index in [1.165, 1.54) is 64.2 Å². The van der Waals surface area contributed by atoms with Crippen LogP contribution in [0, 0.1) is 0 Å². The van der Waals surface area contributed by atoms with Crippen molar-refractivity contribution < 1.29 is 17.7 Å². The molecule has 6 heteroatoms. The zero-order chi connectivity index (χ0) is 20.6. The first kappa shape index (κ1) is 25.3. The molecular formula is C21H46O4Si2. The SMILES string of the molecule is CO[Si](C)(OC)C(C)(C)C.CO[Si](OC)(C1CCCCC1)C1CCCCC1. The van der Waals surface area contributed by atoms with Crippen LogP contribution < -0.4 is 0 Å². The van der Waals surface area contributed by atoms with E-state index in [0.717, 1.165) is 11.1 Å². The summed E-state index contributed by atoms with van der Waals surface area (Å²) in [6, 6.07) is 0. The monoisotopic (exact) mass is 418 g/mol. The maximum absolute atomic E-state index is 6.08. The van der Waals surface area contributed by atoms with E-state index in [1.807, 2.05) is 14.2 Å². The lowest BCUT2D eigenvalue weighted by Gasteiger charge is -2.43. The van der Waals surface area contributed by atoms with E-state index in [-0.39, 0.29) is 5.04 Å². The molecule has 2 saturated carbocycles. The van der Waals surface area contributed by atoms with Crippen molar-refractivity contribution in [1.82, 2.24) is 0 Å². The Morgan fingerprint density at radius 2 is 0.926 bits per heavy atom. The van der Waals surface area contributed by atoms with Crippen molar-refractivity contribution in [2.45, 2.75) is 108 Å². The topological polar surface area (TPSA) is 36.9 Å². The molecule has 0 heterocycles. The Labute approximate surface area is 171 Å². The molecule has 2 rings (SSSR count). The largest absolute Gasteiger partial charge is 0.397 e. The fourth-order valence-corrected chi connectivity index (χ4v) is 10.8. The van der Waals surface area contributed by atoms with Crippen LogP contribution in [0.2, 0.25) is 22.7 Å². The van der Waals surface area contributed by atoms with Crippen molar-refractivity contribution in [3.05, 3.63) is 0 Å². The predicted octanol–water partition coefficient (Wildman–Crippen LogP) is 6.54. The van der Waals surface area contributed by atoms with Crippen molar-refractivity contribution >= 4 is 17.1 Å². The van der Waals surface area contributed by atoms with Crippen molar-refractivity contribution in [3.8, 4) is 0 Å². The molecule has 4 nitrogen and oxygen atoms in total. The van der Waals surface area contributed by atoms with Gasteiger partial charge in [0, 0.05) is 44.6 Å². The zero-order valence-electron chi connectivity index (χ0n) is 19.4. The van der Waals surface area contributed by atoms with E-state index in [1.54, 1.807) is 14.2 Å². The number of rotatable bonds is 6. The highest BCUT2D eigenvalue weighted by Gasteiger charge is 2.51. The lowest BCUT2D eigenvalue weighted by atomic mass is 9.99. The van der Waals surface area contributed by atoms with Gasteiger partial charge in [-0.15, -0.1) is 0 Å². The van der Waals surface area contributed by atoms with E-state index in [9.17, 15) is 0 Å². The van der Waals surface area contributed by atoms with Gasteiger partial charge in [0.1, 0.15) is 0 Å². The first-order valence-corrected chi connectivity index (χ1v) is 15.2. The molecule has 0 bridgehead atoms. The van der Waals surface area contributed by atoms with Crippen molar-refractivity contribution in [1.29, 1.82) is 0 Å². The number of hydrogen-bond donors (Lipinski definition) is 0. The highest BCUT2D eigenvalue weighted by atomic mass is 28.4. The Hall–Kier alpha value is 0.274. The van der Waals surface area contributed by atoms with Crippen LogP contribution in [0.1, 0.15) is 85.0 Å². The summed E-state index contributed by atoms with van der Waals surface area (Å²) < 4.78 is 22.9. The Morgan fingerprint density at radius 1 is 0.593 bits per heavy atom. The van der Waals surface area contributed by atoms with Gasteiger partial charge < -0.3 is 17.7 Å². The third kappa shape index (κ3) is 6.38. The van der Waals surface area contributed by atoms with Crippen LogP contribution in [-0.4, -0.2) is 45.6 Å². The Balaban J connectivity index is 0.000000314. The zero-order valence-corrected chi connectivity index (χ0v) is 21.4. The summed E-state index contributed by atoms with van der Waals surface area (Å²) in [5, 5.41) is 0.149. The molecule has 162 valence electrons. The van der Waals surface area contributed by atoms with Gasteiger partial charge in [0.15, 0.2) is 0 Å². The molecule has 0 aromatic carbocycles. The van der Waals surface area contributed by atoms with Gasteiger partial charge in [0.2, 0.25) is 0 Å². The van der Waals surface area contributed by atoms with Crippen LogP contribution >= 0.6 is 0 Å². The molecule has 27 heavy (non-hydrogen) atoms. The average Bonchev–Trinajstić information content (AvgIpc) is 2.70. The molecule has 2 fully saturated rings. The summed E-state index contributed by atoms with van der Waals surface area (Å²) in [5.74, 6) is 0. The highest BCUT2D eigenvalue weighted by molar-refractivity contribution is 6.70. The minimum Gasteiger partial charge on any atom is -0.397 e. The highest BCUT2D eigenvalue weighted by Crippen LogP contribution is 2.48. The van der Waals surface area contributed by atoms with Gasteiger partial charge in [-0.25, -0.2) is 0 Å². The van der Waals surface area contributed by atoms with Gasteiger partial charge >= 0.3 is 17.1 Å². The standard InChI is InChI=1S/C14H28O2Si.C7H18O2Si/c1-15-17(16-2,13-9-5-3-6-10-13)14-11-7-4-8-12-14;1-7(2,3)10(6,8-4)9-5/h13-14H,3-12H2,1-2H3;1-6H3. The van der Waals surface area contributed by atoms with Crippen LogP contribution in [0.15, 0.2) is 0 Å². The van der Waals surface area contributed by atoms with E-state index >= 15 is 0 Å². The second kappa shape index (κ2) is 11.5.